The summed E-state index contributed by atoms with van der Waals surface area (Å²) < 4.78 is 6.14. The Bertz CT molecular complexity index is 638. The average molecular weight is 393 g/mol. The molecule has 0 radical (unpaired) electrons. The summed E-state index contributed by atoms with van der Waals surface area (Å²) in [5.41, 5.74) is -1.17. The van der Waals surface area contributed by atoms with E-state index in [1.54, 1.807) is 0 Å². The van der Waals surface area contributed by atoms with Gasteiger partial charge < -0.3 is 20.1 Å². The lowest BCUT2D eigenvalue weighted by molar-refractivity contribution is -0.209. The fourth-order valence-electron chi connectivity index (χ4n) is 9.50. The van der Waals surface area contributed by atoms with Crippen LogP contribution in [0.2, 0.25) is 0 Å². The molecule has 160 valence electrons. The molecule has 0 aromatic heterocycles. The molecule has 12 atom stereocenters. The molecule has 28 heavy (non-hydrogen) atoms. The van der Waals surface area contributed by atoms with Gasteiger partial charge in [-0.25, -0.2) is 0 Å². The van der Waals surface area contributed by atoms with Crippen LogP contribution >= 0.6 is 0 Å². The lowest BCUT2D eigenvalue weighted by Gasteiger charge is -2.63. The summed E-state index contributed by atoms with van der Waals surface area (Å²) >= 11 is 0. The molecule has 5 aliphatic carbocycles. The van der Waals surface area contributed by atoms with Crippen molar-refractivity contribution >= 4 is 0 Å². The third-order valence-corrected chi connectivity index (χ3v) is 11.1. The van der Waals surface area contributed by atoms with Crippen LogP contribution in [-0.4, -0.2) is 46.8 Å². The maximum absolute atomic E-state index is 11.7. The van der Waals surface area contributed by atoms with Crippen LogP contribution in [0.3, 0.4) is 0 Å². The van der Waals surface area contributed by atoms with Crippen LogP contribution in [0.4, 0.5) is 0 Å². The van der Waals surface area contributed by atoms with E-state index in [2.05, 4.69) is 13.8 Å². The quantitative estimate of drug-likeness (QED) is 0.690. The number of hydrogen-bond acceptors (Lipinski definition) is 4. The molecule has 5 saturated carbocycles. The first kappa shape index (κ1) is 19.8. The van der Waals surface area contributed by atoms with Crippen molar-refractivity contribution < 1.29 is 20.1 Å². The van der Waals surface area contributed by atoms with Crippen LogP contribution in [0.1, 0.15) is 65.7 Å². The number of aliphatic hydroxyl groups excluding tert-OH is 2. The predicted octanol–water partition coefficient (Wildman–Crippen LogP) is 3.23. The highest BCUT2D eigenvalue weighted by molar-refractivity contribution is 5.20. The summed E-state index contributed by atoms with van der Waals surface area (Å²) in [6, 6.07) is 0. The van der Waals surface area contributed by atoms with Crippen molar-refractivity contribution in [3.8, 4) is 0 Å². The van der Waals surface area contributed by atoms with Gasteiger partial charge in [-0.1, -0.05) is 20.8 Å². The van der Waals surface area contributed by atoms with Gasteiger partial charge >= 0.3 is 0 Å². The van der Waals surface area contributed by atoms with E-state index >= 15 is 0 Å². The first-order valence-electron chi connectivity index (χ1n) is 11.8. The molecule has 5 rings (SSSR count). The van der Waals surface area contributed by atoms with Crippen LogP contribution in [0.25, 0.3) is 0 Å². The minimum atomic E-state index is -1.19. The molecule has 0 aromatic rings. The van der Waals surface area contributed by atoms with E-state index in [1.165, 1.54) is 19.3 Å². The standard InChI is InChI=1S/C24H40O4/c1-13(12-25)24(27)20(26)11-18-16-10-19(28-4)21-15-9-14(15)5-7-22(21,2)17(16)6-8-23(18,24)3/h13-21,25-27H,5-12H2,1-4H3/t13-,14-,15?,16?,17?,18?,19-,20+,21?,22-,23+,24-/m1/s1. The Morgan fingerprint density at radius 1 is 1.04 bits per heavy atom. The smallest absolute Gasteiger partial charge is 0.101 e. The SMILES string of the molecule is CO[C@@H]1CC2C(CC[C@@]3(C)C2C[C@H](O)[C@]3(O)[C@H](C)CO)[C@@]2(C)CC[C@@H]3CC3C12. The molecule has 0 bridgehead atoms. The summed E-state index contributed by atoms with van der Waals surface area (Å²) in [5.74, 6) is 3.72. The van der Waals surface area contributed by atoms with Crippen molar-refractivity contribution in [2.45, 2.75) is 83.5 Å². The largest absolute Gasteiger partial charge is 0.396 e. The van der Waals surface area contributed by atoms with Gasteiger partial charge in [0.2, 0.25) is 0 Å². The van der Waals surface area contributed by atoms with Crippen molar-refractivity contribution in [3.63, 3.8) is 0 Å². The molecule has 0 saturated heterocycles. The van der Waals surface area contributed by atoms with E-state index in [4.69, 9.17) is 4.74 Å². The number of aliphatic hydroxyl groups is 3. The lowest BCUT2D eigenvalue weighted by atomic mass is 9.43. The molecule has 0 aliphatic heterocycles. The number of rotatable bonds is 3. The molecule has 5 unspecified atom stereocenters. The molecule has 3 N–H and O–H groups in total. The van der Waals surface area contributed by atoms with E-state index in [-0.39, 0.29) is 17.9 Å². The molecular formula is C24H40O4. The topological polar surface area (TPSA) is 69.9 Å². The molecular weight excluding hydrogens is 352 g/mol. The Morgan fingerprint density at radius 2 is 1.79 bits per heavy atom. The van der Waals surface area contributed by atoms with Gasteiger partial charge in [-0.05, 0) is 85.9 Å². The van der Waals surface area contributed by atoms with Gasteiger partial charge in [-0.2, -0.15) is 0 Å². The second kappa shape index (κ2) is 6.18. The maximum atomic E-state index is 11.7. The zero-order valence-corrected chi connectivity index (χ0v) is 18.1. The van der Waals surface area contributed by atoms with Crippen LogP contribution in [-0.2, 0) is 4.74 Å². The van der Waals surface area contributed by atoms with Crippen LogP contribution in [0, 0.1) is 52.3 Å². The number of fused-ring (bicyclic) bond motifs is 7. The third-order valence-electron chi connectivity index (χ3n) is 11.1. The Hall–Kier alpha value is -0.160. The van der Waals surface area contributed by atoms with Gasteiger partial charge in [-0.15, -0.1) is 0 Å². The molecule has 0 spiro atoms. The minimum Gasteiger partial charge on any atom is -0.396 e. The zero-order valence-electron chi connectivity index (χ0n) is 18.1. The Balaban J connectivity index is 1.52. The van der Waals surface area contributed by atoms with Crippen molar-refractivity contribution in [1.82, 2.24) is 0 Å². The van der Waals surface area contributed by atoms with Gasteiger partial charge in [0.1, 0.15) is 5.60 Å². The predicted molar refractivity (Wildman–Crippen MR) is 107 cm³/mol. The Morgan fingerprint density at radius 3 is 2.46 bits per heavy atom. The fourth-order valence-corrected chi connectivity index (χ4v) is 9.50. The Labute approximate surface area is 170 Å². The average Bonchev–Trinajstić information content (AvgIpc) is 3.43. The van der Waals surface area contributed by atoms with Crippen LogP contribution in [0.15, 0.2) is 0 Å². The third kappa shape index (κ3) is 2.22. The number of ether oxygens (including phenoxy) is 1. The van der Waals surface area contributed by atoms with Crippen molar-refractivity contribution in [2.75, 3.05) is 13.7 Å². The molecule has 0 amide bonds. The van der Waals surface area contributed by atoms with E-state index in [0.717, 1.165) is 31.1 Å². The fraction of sp³-hybridized carbons (Fsp3) is 1.00. The zero-order chi connectivity index (χ0) is 20.1. The Kier molecular flexibility index (Phi) is 4.37. The highest BCUT2D eigenvalue weighted by Crippen LogP contribution is 2.72. The molecule has 5 fully saturated rings. The van der Waals surface area contributed by atoms with Crippen LogP contribution in [0.5, 0.6) is 0 Å². The van der Waals surface area contributed by atoms with E-state index in [9.17, 15) is 15.3 Å². The highest BCUT2D eigenvalue weighted by atomic mass is 16.5. The number of hydrogen-bond donors (Lipinski definition) is 3. The van der Waals surface area contributed by atoms with Gasteiger partial charge in [0.05, 0.1) is 12.2 Å². The first-order chi connectivity index (χ1) is 13.2. The molecule has 5 aliphatic rings. The minimum absolute atomic E-state index is 0.0759. The van der Waals surface area contributed by atoms with E-state index in [0.29, 0.717) is 41.6 Å². The van der Waals surface area contributed by atoms with E-state index in [1.807, 2.05) is 14.0 Å². The summed E-state index contributed by atoms with van der Waals surface area (Å²) in [5, 5.41) is 32.5. The van der Waals surface area contributed by atoms with Crippen molar-refractivity contribution in [2.24, 2.45) is 52.3 Å². The van der Waals surface area contributed by atoms with Gasteiger partial charge in [0.15, 0.2) is 0 Å². The summed E-state index contributed by atoms with van der Waals surface area (Å²) in [4.78, 5) is 0. The second-order valence-electron chi connectivity index (χ2n) is 11.7. The van der Waals surface area contributed by atoms with E-state index < -0.39 is 11.7 Å². The summed E-state index contributed by atoms with van der Waals surface area (Å²) in [6.07, 6.45) is 7.56. The number of methoxy groups -OCH3 is 1. The van der Waals surface area contributed by atoms with Gasteiger partial charge in [-0.3, -0.25) is 0 Å². The monoisotopic (exact) mass is 392 g/mol. The first-order valence-corrected chi connectivity index (χ1v) is 11.8. The van der Waals surface area contributed by atoms with Crippen molar-refractivity contribution in [3.05, 3.63) is 0 Å². The lowest BCUT2D eigenvalue weighted by Crippen LogP contribution is -2.62. The second-order valence-corrected chi connectivity index (χ2v) is 11.7. The summed E-state index contributed by atoms with van der Waals surface area (Å²) in [6.45, 7) is 6.57. The van der Waals surface area contributed by atoms with Crippen LogP contribution < -0.4 is 0 Å². The summed E-state index contributed by atoms with van der Waals surface area (Å²) in [7, 11) is 1.90. The highest BCUT2D eigenvalue weighted by Gasteiger charge is 2.71. The van der Waals surface area contributed by atoms with Gasteiger partial charge in [0, 0.05) is 25.0 Å². The molecule has 0 heterocycles. The van der Waals surface area contributed by atoms with Crippen molar-refractivity contribution in [1.29, 1.82) is 0 Å². The van der Waals surface area contributed by atoms with Gasteiger partial charge in [0.25, 0.3) is 0 Å². The molecule has 4 heteroatoms. The molecule has 0 aromatic carbocycles. The molecule has 4 nitrogen and oxygen atoms in total. The normalized spacial score (nSPS) is 61.0. The maximum Gasteiger partial charge on any atom is 0.101 e.